The van der Waals surface area contributed by atoms with Gasteiger partial charge < -0.3 is 10.1 Å². The summed E-state index contributed by atoms with van der Waals surface area (Å²) in [6.45, 7) is 4.09. The first kappa shape index (κ1) is 15.8. The maximum Gasteiger partial charge on any atom is 0.415 e. The molecule has 0 aliphatic carbocycles. The number of nitrogens with one attached hydrogen (secondary N) is 1. The molecule has 2 aromatic heterocycles. The maximum atomic E-state index is 12.2. The fraction of sp³-hybridized carbons (Fsp3) is 0.400. The van der Waals surface area contributed by atoms with Gasteiger partial charge >= 0.3 is 6.09 Å². The monoisotopic (exact) mass is 335 g/mol. The molecule has 4 rings (SSSR count). The lowest BCUT2D eigenvalue weighted by Crippen LogP contribution is -2.37. The van der Waals surface area contributed by atoms with Crippen LogP contribution in [0.25, 0.3) is 0 Å². The molecule has 8 heteroatoms. The van der Waals surface area contributed by atoms with E-state index in [1.54, 1.807) is 17.3 Å². The van der Waals surface area contributed by atoms with Gasteiger partial charge in [-0.3, -0.25) is 14.6 Å². The van der Waals surface area contributed by atoms with Crippen molar-refractivity contribution in [2.75, 3.05) is 11.4 Å². The second kappa shape index (κ2) is 6.17. The molecular formula is C15H18ClN5O2. The van der Waals surface area contributed by atoms with Crippen LogP contribution in [0.4, 0.5) is 10.5 Å². The Labute approximate surface area is 140 Å². The standard InChI is InChI=1S/C15H17N5O2.ClH/c1-10-8-20-13(6-17-10)12(7-18-20)19-9-14(22-15(19)21)11-4-2-3-5-16-11;/h2-5,7,10,14,17H,6,8-9H2,1H3;1H/t10-,14?;/m0./s1. The molecule has 1 fully saturated rings. The van der Waals surface area contributed by atoms with Crippen molar-refractivity contribution in [3.05, 3.63) is 42.0 Å². The number of amides is 1. The molecule has 1 saturated heterocycles. The number of hydrogen-bond acceptors (Lipinski definition) is 5. The van der Waals surface area contributed by atoms with Crippen LogP contribution in [0.3, 0.4) is 0 Å². The number of cyclic esters (lactones) is 1. The highest BCUT2D eigenvalue weighted by atomic mass is 35.5. The van der Waals surface area contributed by atoms with E-state index < -0.39 is 0 Å². The van der Waals surface area contributed by atoms with Crippen LogP contribution in [-0.4, -0.2) is 33.4 Å². The average Bonchev–Trinajstić information content (AvgIpc) is 3.11. The molecule has 2 atom stereocenters. The normalized spacial score (nSPS) is 23.2. The summed E-state index contributed by atoms with van der Waals surface area (Å²) in [6.07, 6.45) is 2.78. The Morgan fingerprint density at radius 2 is 2.22 bits per heavy atom. The van der Waals surface area contributed by atoms with Crippen LogP contribution in [0.1, 0.15) is 24.4 Å². The number of halogens is 1. The number of carbonyl (C=O) groups excluding carboxylic acids is 1. The van der Waals surface area contributed by atoms with Crippen LogP contribution < -0.4 is 10.2 Å². The fourth-order valence-electron chi connectivity index (χ4n) is 2.94. The van der Waals surface area contributed by atoms with Gasteiger partial charge in [0.2, 0.25) is 0 Å². The number of nitrogens with zero attached hydrogens (tertiary/aromatic N) is 4. The van der Waals surface area contributed by atoms with E-state index in [4.69, 9.17) is 4.74 Å². The van der Waals surface area contributed by atoms with E-state index in [9.17, 15) is 4.79 Å². The summed E-state index contributed by atoms with van der Waals surface area (Å²) in [6, 6.07) is 6.00. The summed E-state index contributed by atoms with van der Waals surface area (Å²) in [5, 5.41) is 7.79. The number of anilines is 1. The van der Waals surface area contributed by atoms with Gasteiger partial charge in [0.25, 0.3) is 0 Å². The average molecular weight is 336 g/mol. The van der Waals surface area contributed by atoms with E-state index in [-0.39, 0.29) is 24.6 Å². The van der Waals surface area contributed by atoms with Crippen molar-refractivity contribution in [1.82, 2.24) is 20.1 Å². The van der Waals surface area contributed by atoms with Gasteiger partial charge in [-0.05, 0) is 19.1 Å². The van der Waals surface area contributed by atoms with Gasteiger partial charge in [0.05, 0.1) is 36.4 Å². The number of hydrogen-bond donors (Lipinski definition) is 1. The summed E-state index contributed by atoms with van der Waals surface area (Å²) in [5.41, 5.74) is 2.62. The van der Waals surface area contributed by atoms with Crippen molar-refractivity contribution in [2.45, 2.75) is 32.2 Å². The molecule has 1 unspecified atom stereocenters. The third-order valence-electron chi connectivity index (χ3n) is 4.11. The third-order valence-corrected chi connectivity index (χ3v) is 4.11. The Hall–Kier alpha value is -2.12. The van der Waals surface area contributed by atoms with Gasteiger partial charge in [-0.1, -0.05) is 6.07 Å². The predicted octanol–water partition coefficient (Wildman–Crippen LogP) is 1.89. The molecule has 0 radical (unpaired) electrons. The molecule has 7 nitrogen and oxygen atoms in total. The second-order valence-electron chi connectivity index (χ2n) is 5.68. The Morgan fingerprint density at radius 3 is 3.00 bits per heavy atom. The van der Waals surface area contributed by atoms with Gasteiger partial charge in [0, 0.05) is 18.8 Å². The Kier molecular flexibility index (Phi) is 4.23. The van der Waals surface area contributed by atoms with Crippen LogP contribution in [0.15, 0.2) is 30.6 Å². The lowest BCUT2D eigenvalue weighted by Gasteiger charge is -2.23. The summed E-state index contributed by atoms with van der Waals surface area (Å²) in [4.78, 5) is 18.1. The van der Waals surface area contributed by atoms with Crippen molar-refractivity contribution in [1.29, 1.82) is 0 Å². The highest BCUT2D eigenvalue weighted by molar-refractivity contribution is 5.90. The number of ether oxygens (including phenoxy) is 1. The summed E-state index contributed by atoms with van der Waals surface area (Å²) >= 11 is 0. The minimum Gasteiger partial charge on any atom is -0.437 e. The number of fused-ring (bicyclic) bond motifs is 1. The quantitative estimate of drug-likeness (QED) is 0.907. The number of carbonyl (C=O) groups is 1. The zero-order chi connectivity index (χ0) is 15.1. The SMILES string of the molecule is C[C@H]1Cn2ncc(N3CC(c4ccccn4)OC3=O)c2CN1.Cl. The maximum absolute atomic E-state index is 12.2. The molecule has 23 heavy (non-hydrogen) atoms. The molecule has 2 aromatic rings. The largest absolute Gasteiger partial charge is 0.437 e. The first-order chi connectivity index (χ1) is 10.7. The highest BCUT2D eigenvalue weighted by Crippen LogP contribution is 2.32. The minimum atomic E-state index is -0.343. The lowest BCUT2D eigenvalue weighted by atomic mass is 10.2. The highest BCUT2D eigenvalue weighted by Gasteiger charge is 2.36. The summed E-state index contributed by atoms with van der Waals surface area (Å²) in [7, 11) is 0. The van der Waals surface area contributed by atoms with E-state index in [0.29, 0.717) is 19.1 Å². The molecule has 1 N–H and O–H groups in total. The number of pyridine rings is 1. The molecule has 122 valence electrons. The topological polar surface area (TPSA) is 72.3 Å². The number of aromatic nitrogens is 3. The first-order valence-corrected chi connectivity index (χ1v) is 7.39. The molecular weight excluding hydrogens is 318 g/mol. The zero-order valence-electron chi connectivity index (χ0n) is 12.7. The molecule has 0 spiro atoms. The van der Waals surface area contributed by atoms with Crippen LogP contribution in [-0.2, 0) is 17.8 Å². The smallest absolute Gasteiger partial charge is 0.415 e. The molecule has 0 bridgehead atoms. The van der Waals surface area contributed by atoms with E-state index in [2.05, 4.69) is 22.3 Å². The zero-order valence-corrected chi connectivity index (χ0v) is 13.5. The van der Waals surface area contributed by atoms with E-state index in [1.807, 2.05) is 22.9 Å². The Morgan fingerprint density at radius 1 is 1.35 bits per heavy atom. The molecule has 0 aromatic carbocycles. The van der Waals surface area contributed by atoms with Gasteiger partial charge in [0.15, 0.2) is 6.10 Å². The van der Waals surface area contributed by atoms with Crippen molar-refractivity contribution in [3.8, 4) is 0 Å². The van der Waals surface area contributed by atoms with Gasteiger partial charge in [0.1, 0.15) is 0 Å². The van der Waals surface area contributed by atoms with Crippen LogP contribution in [0.5, 0.6) is 0 Å². The van der Waals surface area contributed by atoms with E-state index in [1.165, 1.54) is 0 Å². The van der Waals surface area contributed by atoms with Crippen molar-refractivity contribution < 1.29 is 9.53 Å². The molecule has 0 saturated carbocycles. The Balaban J connectivity index is 0.00000156. The van der Waals surface area contributed by atoms with E-state index in [0.717, 1.165) is 23.6 Å². The van der Waals surface area contributed by atoms with Gasteiger partial charge in [-0.15, -0.1) is 12.4 Å². The molecule has 1 amide bonds. The van der Waals surface area contributed by atoms with Crippen LogP contribution in [0, 0.1) is 0 Å². The summed E-state index contributed by atoms with van der Waals surface area (Å²) in [5.74, 6) is 0. The van der Waals surface area contributed by atoms with Gasteiger partial charge in [-0.25, -0.2) is 4.79 Å². The fourth-order valence-corrected chi connectivity index (χ4v) is 2.94. The minimum absolute atomic E-state index is 0. The predicted molar refractivity (Wildman–Crippen MR) is 86.6 cm³/mol. The Bertz CT molecular complexity index is 705. The first-order valence-electron chi connectivity index (χ1n) is 7.39. The van der Waals surface area contributed by atoms with E-state index >= 15 is 0 Å². The number of rotatable bonds is 2. The van der Waals surface area contributed by atoms with Crippen molar-refractivity contribution in [2.24, 2.45) is 0 Å². The van der Waals surface area contributed by atoms with Crippen LogP contribution in [0.2, 0.25) is 0 Å². The molecule has 4 heterocycles. The third kappa shape index (κ3) is 2.77. The lowest BCUT2D eigenvalue weighted by molar-refractivity contribution is 0.140. The van der Waals surface area contributed by atoms with Crippen molar-refractivity contribution in [3.63, 3.8) is 0 Å². The second-order valence-corrected chi connectivity index (χ2v) is 5.68. The molecule has 2 aliphatic heterocycles. The summed E-state index contributed by atoms with van der Waals surface area (Å²) < 4.78 is 7.42. The molecule has 2 aliphatic rings. The van der Waals surface area contributed by atoms with Crippen molar-refractivity contribution >= 4 is 24.2 Å². The van der Waals surface area contributed by atoms with Gasteiger partial charge in [-0.2, -0.15) is 5.10 Å². The van der Waals surface area contributed by atoms with Crippen LogP contribution >= 0.6 is 12.4 Å².